The number of hydrogen-bond donors (Lipinski definition) is 0. The highest BCUT2D eigenvalue weighted by Crippen LogP contribution is 2.36. The van der Waals surface area contributed by atoms with E-state index in [9.17, 15) is 14.9 Å². The van der Waals surface area contributed by atoms with Crippen LogP contribution in [-0.4, -0.2) is 28.4 Å². The molecule has 3 rings (SSSR count). The van der Waals surface area contributed by atoms with Gasteiger partial charge in [-0.3, -0.25) is 14.9 Å². The highest BCUT2D eigenvalue weighted by molar-refractivity contribution is 6.30. The van der Waals surface area contributed by atoms with Gasteiger partial charge in [-0.1, -0.05) is 41.9 Å². The smallest absolute Gasteiger partial charge is 0.312 e. The molecule has 2 aromatic rings. The second-order valence-electron chi connectivity index (χ2n) is 6.74. The fraction of sp³-hybridized carbons (Fsp3) is 0.350. The number of nitro benzene ring substituents is 1. The van der Waals surface area contributed by atoms with E-state index in [0.717, 1.165) is 18.4 Å². The molecule has 0 aromatic heterocycles. The minimum atomic E-state index is -0.569. The molecule has 1 atom stereocenters. The van der Waals surface area contributed by atoms with Crippen molar-refractivity contribution in [1.82, 2.24) is 4.90 Å². The summed E-state index contributed by atoms with van der Waals surface area (Å²) in [4.78, 5) is 25.2. The van der Waals surface area contributed by atoms with Crippen LogP contribution in [0.15, 0.2) is 48.5 Å². The summed E-state index contributed by atoms with van der Waals surface area (Å²) in [5, 5.41) is 11.4. The number of nitro groups is 1. The zero-order valence-corrected chi connectivity index (χ0v) is 15.8. The molecule has 1 saturated carbocycles. The lowest BCUT2D eigenvalue weighted by molar-refractivity contribution is -0.385. The van der Waals surface area contributed by atoms with Gasteiger partial charge in [0.15, 0.2) is 12.4 Å². The van der Waals surface area contributed by atoms with Crippen molar-refractivity contribution in [2.24, 2.45) is 5.92 Å². The molecule has 6 nitrogen and oxygen atoms in total. The molecule has 0 saturated heterocycles. The van der Waals surface area contributed by atoms with E-state index in [-0.39, 0.29) is 35.0 Å². The maximum absolute atomic E-state index is 12.8. The number of nitrogens with zero attached hydrogens (tertiary/aromatic N) is 2. The Hall–Kier alpha value is -2.60. The normalized spacial score (nSPS) is 14.4. The van der Waals surface area contributed by atoms with Crippen LogP contribution in [0.25, 0.3) is 0 Å². The molecule has 1 aliphatic carbocycles. The van der Waals surface area contributed by atoms with Gasteiger partial charge in [0.1, 0.15) is 0 Å². The van der Waals surface area contributed by atoms with Crippen LogP contribution in [0, 0.1) is 16.0 Å². The second-order valence-corrected chi connectivity index (χ2v) is 7.18. The Bertz CT molecular complexity index is 824. The first-order valence-electron chi connectivity index (χ1n) is 8.86. The molecule has 0 N–H and O–H groups in total. The van der Waals surface area contributed by atoms with Crippen molar-refractivity contribution < 1.29 is 14.5 Å². The Labute approximate surface area is 162 Å². The van der Waals surface area contributed by atoms with Crippen LogP contribution in [0.4, 0.5) is 5.69 Å². The van der Waals surface area contributed by atoms with Gasteiger partial charge >= 0.3 is 5.69 Å². The van der Waals surface area contributed by atoms with Crippen LogP contribution >= 0.6 is 11.6 Å². The first-order chi connectivity index (χ1) is 13.0. The van der Waals surface area contributed by atoms with E-state index in [0.29, 0.717) is 12.5 Å². The third kappa shape index (κ3) is 4.98. The van der Waals surface area contributed by atoms with Crippen LogP contribution in [0.2, 0.25) is 5.02 Å². The minimum absolute atomic E-state index is 0.0384. The van der Waals surface area contributed by atoms with Gasteiger partial charge in [-0.05, 0) is 43.4 Å². The maximum atomic E-state index is 12.8. The zero-order valence-electron chi connectivity index (χ0n) is 15.0. The summed E-state index contributed by atoms with van der Waals surface area (Å²) >= 11 is 5.81. The molecule has 1 unspecified atom stereocenters. The highest BCUT2D eigenvalue weighted by Gasteiger charge is 2.34. The molecule has 2 aromatic carbocycles. The van der Waals surface area contributed by atoms with E-state index >= 15 is 0 Å². The molecular formula is C20H21ClN2O4. The van der Waals surface area contributed by atoms with Gasteiger partial charge in [0.2, 0.25) is 0 Å². The van der Waals surface area contributed by atoms with Crippen molar-refractivity contribution in [3.05, 3.63) is 69.2 Å². The van der Waals surface area contributed by atoms with E-state index < -0.39 is 4.92 Å². The van der Waals surface area contributed by atoms with Gasteiger partial charge in [-0.2, -0.15) is 0 Å². The van der Waals surface area contributed by atoms with Crippen molar-refractivity contribution in [2.45, 2.75) is 32.4 Å². The number of benzene rings is 2. The molecule has 7 heteroatoms. The topological polar surface area (TPSA) is 72.7 Å². The number of halogens is 1. The Morgan fingerprint density at radius 3 is 2.63 bits per heavy atom. The van der Waals surface area contributed by atoms with E-state index in [4.69, 9.17) is 16.3 Å². The van der Waals surface area contributed by atoms with Gasteiger partial charge in [-0.15, -0.1) is 0 Å². The highest BCUT2D eigenvalue weighted by atomic mass is 35.5. The molecule has 0 aliphatic heterocycles. The second kappa shape index (κ2) is 8.39. The monoisotopic (exact) mass is 388 g/mol. The fourth-order valence-electron chi connectivity index (χ4n) is 3.05. The third-order valence-corrected chi connectivity index (χ3v) is 5.02. The van der Waals surface area contributed by atoms with Gasteiger partial charge in [0.05, 0.1) is 4.92 Å². The fourth-order valence-corrected chi connectivity index (χ4v) is 3.22. The molecule has 142 valence electrons. The lowest BCUT2D eigenvalue weighted by atomic mass is 10.1. The van der Waals surface area contributed by atoms with Gasteiger partial charge in [0.25, 0.3) is 5.91 Å². The number of ether oxygens (including phenoxy) is 1. The lowest BCUT2D eigenvalue weighted by Gasteiger charge is -2.29. The third-order valence-electron chi connectivity index (χ3n) is 4.78. The van der Waals surface area contributed by atoms with Gasteiger partial charge in [0, 0.05) is 23.7 Å². The first-order valence-corrected chi connectivity index (χ1v) is 9.23. The van der Waals surface area contributed by atoms with Crippen LogP contribution in [-0.2, 0) is 11.3 Å². The van der Waals surface area contributed by atoms with Crippen molar-refractivity contribution in [3.63, 3.8) is 0 Å². The first kappa shape index (κ1) is 19.2. The Kier molecular flexibility index (Phi) is 5.96. The van der Waals surface area contributed by atoms with Crippen molar-refractivity contribution in [2.75, 3.05) is 6.61 Å². The summed E-state index contributed by atoms with van der Waals surface area (Å²) < 4.78 is 5.49. The molecule has 1 fully saturated rings. The number of rotatable bonds is 8. The molecule has 0 heterocycles. The molecule has 27 heavy (non-hydrogen) atoms. The van der Waals surface area contributed by atoms with E-state index in [1.165, 1.54) is 18.2 Å². The lowest BCUT2D eigenvalue weighted by Crippen LogP contribution is -2.42. The zero-order chi connectivity index (χ0) is 19.4. The quantitative estimate of drug-likeness (QED) is 0.494. The summed E-state index contributed by atoms with van der Waals surface area (Å²) in [6.45, 7) is 2.28. The standard InChI is InChI=1S/C20H21ClN2O4/c1-14(16-7-8-16)22(12-15-5-3-2-4-6-15)20(24)13-27-19-10-9-17(21)11-18(19)23(25)26/h2-6,9-11,14,16H,7-8,12-13H2,1H3. The van der Waals surface area contributed by atoms with Crippen LogP contribution in [0.5, 0.6) is 5.75 Å². The number of carbonyl (C=O) groups excluding carboxylic acids is 1. The largest absolute Gasteiger partial charge is 0.477 e. The van der Waals surface area contributed by atoms with Crippen molar-refractivity contribution >= 4 is 23.2 Å². The summed E-state index contributed by atoms with van der Waals surface area (Å²) in [5.41, 5.74) is 0.788. The van der Waals surface area contributed by atoms with Crippen LogP contribution in [0.3, 0.4) is 0 Å². The Morgan fingerprint density at radius 1 is 1.30 bits per heavy atom. The van der Waals surface area contributed by atoms with Crippen LogP contribution in [0.1, 0.15) is 25.3 Å². The van der Waals surface area contributed by atoms with E-state index in [1.54, 1.807) is 4.90 Å². The number of carbonyl (C=O) groups is 1. The maximum Gasteiger partial charge on any atom is 0.312 e. The van der Waals surface area contributed by atoms with Crippen molar-refractivity contribution in [1.29, 1.82) is 0 Å². The molecule has 1 amide bonds. The van der Waals surface area contributed by atoms with E-state index in [2.05, 4.69) is 0 Å². The average molecular weight is 389 g/mol. The minimum Gasteiger partial charge on any atom is -0.477 e. The van der Waals surface area contributed by atoms with E-state index in [1.807, 2.05) is 37.3 Å². The van der Waals surface area contributed by atoms with Gasteiger partial charge < -0.3 is 9.64 Å². The Morgan fingerprint density at radius 2 is 2.00 bits per heavy atom. The molecule has 1 aliphatic rings. The summed E-state index contributed by atoms with van der Waals surface area (Å²) in [7, 11) is 0. The number of amides is 1. The van der Waals surface area contributed by atoms with Gasteiger partial charge in [-0.25, -0.2) is 0 Å². The summed E-state index contributed by atoms with van der Waals surface area (Å²) in [5.74, 6) is 0.349. The molecular weight excluding hydrogens is 368 g/mol. The SMILES string of the molecule is CC(C1CC1)N(Cc1ccccc1)C(=O)COc1ccc(Cl)cc1[N+](=O)[O-]. The summed E-state index contributed by atoms with van der Waals surface area (Å²) in [6.07, 6.45) is 2.23. The summed E-state index contributed by atoms with van der Waals surface area (Å²) in [6, 6.07) is 14.0. The molecule has 0 spiro atoms. The number of hydrogen-bond acceptors (Lipinski definition) is 4. The molecule has 0 radical (unpaired) electrons. The predicted octanol–water partition coefficient (Wildman–Crippen LogP) is 4.45. The average Bonchev–Trinajstić information content (AvgIpc) is 3.50. The Balaban J connectivity index is 1.72. The van der Waals surface area contributed by atoms with Crippen LogP contribution < -0.4 is 4.74 Å². The predicted molar refractivity (Wildman–Crippen MR) is 103 cm³/mol. The molecule has 0 bridgehead atoms. The van der Waals surface area contributed by atoms with Crippen molar-refractivity contribution in [3.8, 4) is 5.75 Å².